The van der Waals surface area contributed by atoms with E-state index < -0.39 is 0 Å². The Balaban J connectivity index is 1.45. The van der Waals surface area contributed by atoms with Gasteiger partial charge in [0, 0.05) is 5.92 Å². The second-order valence-corrected chi connectivity index (χ2v) is 8.99. The molecular formula is C27H35ClO2. The third-order valence-electron chi connectivity index (χ3n) is 6.38. The van der Waals surface area contributed by atoms with Crippen molar-refractivity contribution in [3.8, 4) is 16.9 Å². The molecule has 0 spiro atoms. The van der Waals surface area contributed by atoms with Crippen LogP contribution in [0.5, 0.6) is 5.75 Å². The molecule has 0 bridgehead atoms. The molecule has 0 unspecified atom stereocenters. The summed E-state index contributed by atoms with van der Waals surface area (Å²) in [7, 11) is 0. The summed E-state index contributed by atoms with van der Waals surface area (Å²) in [5.74, 6) is 1.56. The van der Waals surface area contributed by atoms with E-state index in [1.165, 1.54) is 48.8 Å². The molecule has 1 fully saturated rings. The van der Waals surface area contributed by atoms with Crippen LogP contribution in [0.25, 0.3) is 11.1 Å². The predicted octanol–water partition coefficient (Wildman–Crippen LogP) is 8.13. The van der Waals surface area contributed by atoms with E-state index in [1.54, 1.807) is 0 Å². The van der Waals surface area contributed by atoms with Gasteiger partial charge in [-0.3, -0.25) is 4.79 Å². The first-order chi connectivity index (χ1) is 14.7. The second kappa shape index (κ2) is 12.2. The first kappa shape index (κ1) is 22.9. The Hall–Kier alpha value is -1.80. The highest BCUT2D eigenvalue weighted by molar-refractivity contribution is 6.63. The van der Waals surface area contributed by atoms with Gasteiger partial charge in [-0.25, -0.2) is 0 Å². The molecule has 1 aliphatic rings. The van der Waals surface area contributed by atoms with Crippen LogP contribution in [0.2, 0.25) is 0 Å². The van der Waals surface area contributed by atoms with Crippen LogP contribution in [0.15, 0.2) is 48.5 Å². The molecule has 0 radical (unpaired) electrons. The summed E-state index contributed by atoms with van der Waals surface area (Å²) >= 11 is 5.66. The van der Waals surface area contributed by atoms with Gasteiger partial charge < -0.3 is 4.74 Å². The van der Waals surface area contributed by atoms with Crippen molar-refractivity contribution in [3.63, 3.8) is 0 Å². The molecule has 3 rings (SSSR count). The molecule has 2 aromatic carbocycles. The molecule has 1 aliphatic carbocycles. The molecule has 2 nitrogen and oxygen atoms in total. The fourth-order valence-corrected chi connectivity index (χ4v) is 4.64. The fourth-order valence-electron chi connectivity index (χ4n) is 4.42. The van der Waals surface area contributed by atoms with E-state index in [0.717, 1.165) is 44.5 Å². The standard InChI is InChI=1S/C27H35ClO2/c1-2-3-4-5-6-7-20-30-26-18-16-24(17-19-26)22-10-8-21(9-11-22)23-12-14-25(15-13-23)27(28)29/h8-11,16-19,23,25H,2-7,12-15,20H2,1H3. The first-order valence-corrected chi connectivity index (χ1v) is 12.1. The zero-order chi connectivity index (χ0) is 21.2. The number of unbranched alkanes of at least 4 members (excludes halogenated alkanes) is 5. The number of hydrogen-bond acceptors (Lipinski definition) is 2. The average Bonchev–Trinajstić information content (AvgIpc) is 2.79. The molecule has 2 aromatic rings. The van der Waals surface area contributed by atoms with E-state index in [-0.39, 0.29) is 11.2 Å². The summed E-state index contributed by atoms with van der Waals surface area (Å²) in [4.78, 5) is 11.3. The molecule has 1 saturated carbocycles. The van der Waals surface area contributed by atoms with E-state index in [1.807, 2.05) is 0 Å². The topological polar surface area (TPSA) is 26.3 Å². The number of benzene rings is 2. The summed E-state index contributed by atoms with van der Waals surface area (Å²) < 4.78 is 5.89. The quantitative estimate of drug-likeness (QED) is 0.267. The number of hydrogen-bond donors (Lipinski definition) is 0. The summed E-state index contributed by atoms with van der Waals surface area (Å²) in [6, 6.07) is 17.3. The van der Waals surface area contributed by atoms with Crippen molar-refractivity contribution in [1.29, 1.82) is 0 Å². The highest BCUT2D eigenvalue weighted by Crippen LogP contribution is 2.37. The number of ether oxygens (including phenoxy) is 1. The van der Waals surface area contributed by atoms with Crippen LogP contribution in [-0.2, 0) is 4.79 Å². The average molecular weight is 427 g/mol. The van der Waals surface area contributed by atoms with Gasteiger partial charge in [-0.1, -0.05) is 75.4 Å². The van der Waals surface area contributed by atoms with Crippen molar-refractivity contribution < 1.29 is 9.53 Å². The Morgan fingerprint density at radius 3 is 2.00 bits per heavy atom. The molecule has 3 heteroatoms. The number of carbonyl (C=O) groups is 1. The summed E-state index contributed by atoms with van der Waals surface area (Å²) in [6.07, 6.45) is 11.6. The zero-order valence-corrected chi connectivity index (χ0v) is 19.0. The number of rotatable bonds is 11. The number of carbonyl (C=O) groups excluding carboxylic acids is 1. The molecular weight excluding hydrogens is 392 g/mol. The lowest BCUT2D eigenvalue weighted by Crippen LogP contribution is -2.17. The smallest absolute Gasteiger partial charge is 0.224 e. The molecule has 0 atom stereocenters. The Morgan fingerprint density at radius 1 is 0.833 bits per heavy atom. The molecule has 0 N–H and O–H groups in total. The van der Waals surface area contributed by atoms with E-state index in [9.17, 15) is 4.79 Å². The highest BCUT2D eigenvalue weighted by atomic mass is 35.5. The van der Waals surface area contributed by atoms with Crippen molar-refractivity contribution >= 4 is 16.8 Å². The second-order valence-electron chi connectivity index (χ2n) is 8.62. The van der Waals surface area contributed by atoms with Gasteiger partial charge in [-0.2, -0.15) is 0 Å². The molecule has 0 saturated heterocycles. The lowest BCUT2D eigenvalue weighted by molar-refractivity contribution is -0.116. The van der Waals surface area contributed by atoms with Crippen molar-refractivity contribution in [2.45, 2.75) is 77.0 Å². The summed E-state index contributed by atoms with van der Waals surface area (Å²) in [5.41, 5.74) is 3.81. The SMILES string of the molecule is CCCCCCCCOc1ccc(-c2ccc(C3CCC(C(=O)Cl)CC3)cc2)cc1. The minimum atomic E-state index is -0.164. The molecule has 0 aliphatic heterocycles. The maximum absolute atomic E-state index is 11.3. The van der Waals surface area contributed by atoms with E-state index >= 15 is 0 Å². The van der Waals surface area contributed by atoms with Gasteiger partial charge in [-0.15, -0.1) is 0 Å². The van der Waals surface area contributed by atoms with Crippen LogP contribution in [0, 0.1) is 5.92 Å². The van der Waals surface area contributed by atoms with Crippen LogP contribution in [-0.4, -0.2) is 11.8 Å². The van der Waals surface area contributed by atoms with Gasteiger partial charge in [0.2, 0.25) is 5.24 Å². The van der Waals surface area contributed by atoms with Gasteiger partial charge in [0.1, 0.15) is 5.75 Å². The van der Waals surface area contributed by atoms with Gasteiger partial charge in [0.05, 0.1) is 6.61 Å². The lowest BCUT2D eigenvalue weighted by Gasteiger charge is -2.26. The Labute approximate surface area is 187 Å². The van der Waals surface area contributed by atoms with Gasteiger partial charge in [0.15, 0.2) is 0 Å². The molecule has 0 amide bonds. The molecule has 30 heavy (non-hydrogen) atoms. The van der Waals surface area contributed by atoms with Gasteiger partial charge in [0.25, 0.3) is 0 Å². The zero-order valence-electron chi connectivity index (χ0n) is 18.2. The van der Waals surface area contributed by atoms with E-state index in [0.29, 0.717) is 5.92 Å². The first-order valence-electron chi connectivity index (χ1n) is 11.7. The minimum absolute atomic E-state index is 0.0592. The van der Waals surface area contributed by atoms with Crippen LogP contribution in [0.1, 0.15) is 82.6 Å². The maximum Gasteiger partial charge on any atom is 0.224 e. The van der Waals surface area contributed by atoms with Crippen LogP contribution < -0.4 is 4.74 Å². The highest BCUT2D eigenvalue weighted by Gasteiger charge is 2.25. The van der Waals surface area contributed by atoms with Crippen molar-refractivity contribution in [3.05, 3.63) is 54.1 Å². The third-order valence-corrected chi connectivity index (χ3v) is 6.69. The van der Waals surface area contributed by atoms with Crippen LogP contribution in [0.4, 0.5) is 0 Å². The van der Waals surface area contributed by atoms with E-state index in [4.69, 9.17) is 16.3 Å². The monoisotopic (exact) mass is 426 g/mol. The summed E-state index contributed by atoms with van der Waals surface area (Å²) in [6.45, 7) is 3.05. The normalized spacial score (nSPS) is 18.9. The van der Waals surface area contributed by atoms with Crippen molar-refractivity contribution in [1.82, 2.24) is 0 Å². The third kappa shape index (κ3) is 6.87. The fraction of sp³-hybridized carbons (Fsp3) is 0.519. The molecule has 162 valence electrons. The number of halogens is 1. The van der Waals surface area contributed by atoms with Crippen LogP contribution >= 0.6 is 11.6 Å². The van der Waals surface area contributed by atoms with E-state index in [2.05, 4.69) is 55.5 Å². The van der Waals surface area contributed by atoms with Gasteiger partial charge >= 0.3 is 0 Å². The van der Waals surface area contributed by atoms with Crippen molar-refractivity contribution in [2.24, 2.45) is 5.92 Å². The molecule has 0 aromatic heterocycles. The largest absolute Gasteiger partial charge is 0.494 e. The summed E-state index contributed by atoms with van der Waals surface area (Å²) in [5, 5.41) is -0.164. The van der Waals surface area contributed by atoms with Gasteiger partial charge in [-0.05, 0) is 78.4 Å². The minimum Gasteiger partial charge on any atom is -0.494 e. The maximum atomic E-state index is 11.3. The Kier molecular flexibility index (Phi) is 9.27. The Bertz CT molecular complexity index is 758. The predicted molar refractivity (Wildman–Crippen MR) is 126 cm³/mol. The van der Waals surface area contributed by atoms with Crippen LogP contribution in [0.3, 0.4) is 0 Å². The lowest BCUT2D eigenvalue weighted by atomic mass is 9.79. The van der Waals surface area contributed by atoms with Crippen molar-refractivity contribution in [2.75, 3.05) is 6.61 Å². The Morgan fingerprint density at radius 2 is 1.40 bits per heavy atom. The molecule has 0 heterocycles.